The Bertz CT molecular complexity index is 94.9. The molecule has 3 atom stereocenters. The fourth-order valence-corrected chi connectivity index (χ4v) is 1.30. The van der Waals surface area contributed by atoms with Gasteiger partial charge in [-0.05, 0) is 25.2 Å². The minimum Gasteiger partial charge on any atom is -0.390 e. The molecular weight excluding hydrogens is 119 g/mol. The van der Waals surface area contributed by atoms with Gasteiger partial charge in [-0.3, -0.25) is 0 Å². The van der Waals surface area contributed by atoms with Crippen molar-refractivity contribution in [3.05, 3.63) is 0 Å². The summed E-state index contributed by atoms with van der Waals surface area (Å²) in [6.07, 6.45) is 0.514. The molecule has 1 aliphatic carbocycles. The van der Waals surface area contributed by atoms with E-state index < -0.39 is 12.3 Å². The first-order chi connectivity index (χ1) is 4.20. The van der Waals surface area contributed by atoms with Crippen molar-refractivity contribution in [2.24, 2.45) is 5.92 Å². The largest absolute Gasteiger partial charge is 0.390 e. The van der Waals surface area contributed by atoms with Gasteiger partial charge in [0, 0.05) is 0 Å². The summed E-state index contributed by atoms with van der Waals surface area (Å²) in [5.74, 6) is 0.461. The maximum Gasteiger partial charge on any atom is 0.126 e. The monoisotopic (exact) mass is 132 g/mol. The summed E-state index contributed by atoms with van der Waals surface area (Å²) in [5, 5.41) is 8.92. The lowest BCUT2D eigenvalue weighted by molar-refractivity contribution is 0.0278. The van der Waals surface area contributed by atoms with E-state index in [1.807, 2.05) is 6.92 Å². The third kappa shape index (κ3) is 1.65. The van der Waals surface area contributed by atoms with Crippen molar-refractivity contribution in [2.45, 2.75) is 38.5 Å². The Morgan fingerprint density at radius 2 is 2.11 bits per heavy atom. The molecule has 0 aromatic rings. The second-order valence-corrected chi connectivity index (χ2v) is 3.00. The summed E-state index contributed by atoms with van der Waals surface area (Å²) < 4.78 is 12.6. The Balaban J connectivity index is 2.35. The molecule has 0 aromatic carbocycles. The van der Waals surface area contributed by atoms with Gasteiger partial charge in [-0.15, -0.1) is 0 Å². The normalized spacial score (nSPS) is 45.0. The Morgan fingerprint density at radius 3 is 2.56 bits per heavy atom. The average Bonchev–Trinajstić information content (AvgIpc) is 1.80. The van der Waals surface area contributed by atoms with Gasteiger partial charge < -0.3 is 5.11 Å². The summed E-state index contributed by atoms with van der Waals surface area (Å²) in [6.45, 7) is 2.03. The van der Waals surface area contributed by atoms with E-state index in [1.54, 1.807) is 0 Å². The molecule has 54 valence electrons. The van der Waals surface area contributed by atoms with E-state index in [-0.39, 0.29) is 0 Å². The number of aliphatic hydroxyl groups excluding tert-OH is 1. The predicted octanol–water partition coefficient (Wildman–Crippen LogP) is 1.51. The SMILES string of the molecule is C[C@H]1CC[C@H](O)[C@@H](F)C1. The van der Waals surface area contributed by atoms with Gasteiger partial charge in [-0.25, -0.2) is 4.39 Å². The van der Waals surface area contributed by atoms with E-state index in [0.29, 0.717) is 18.8 Å². The van der Waals surface area contributed by atoms with Crippen molar-refractivity contribution in [3.63, 3.8) is 0 Å². The van der Waals surface area contributed by atoms with Crippen LogP contribution in [0.5, 0.6) is 0 Å². The molecule has 1 saturated carbocycles. The molecule has 0 bridgehead atoms. The van der Waals surface area contributed by atoms with Crippen LogP contribution >= 0.6 is 0 Å². The number of hydrogen-bond donors (Lipinski definition) is 1. The van der Waals surface area contributed by atoms with Gasteiger partial charge in [0.05, 0.1) is 6.10 Å². The Hall–Kier alpha value is -0.110. The molecule has 0 radical (unpaired) electrons. The van der Waals surface area contributed by atoms with E-state index in [0.717, 1.165) is 6.42 Å². The van der Waals surface area contributed by atoms with E-state index in [1.165, 1.54) is 0 Å². The zero-order chi connectivity index (χ0) is 6.85. The number of rotatable bonds is 0. The second-order valence-electron chi connectivity index (χ2n) is 3.00. The smallest absolute Gasteiger partial charge is 0.126 e. The number of hydrogen-bond acceptors (Lipinski definition) is 1. The Kier molecular flexibility index (Phi) is 2.06. The number of alkyl halides is 1. The van der Waals surface area contributed by atoms with Crippen LogP contribution in [-0.2, 0) is 0 Å². The molecule has 0 unspecified atom stereocenters. The molecule has 0 heterocycles. The predicted molar refractivity (Wildman–Crippen MR) is 33.9 cm³/mol. The molecule has 1 aliphatic rings. The van der Waals surface area contributed by atoms with Crippen LogP contribution in [0.15, 0.2) is 0 Å². The molecule has 2 heteroatoms. The molecule has 0 saturated heterocycles. The first-order valence-corrected chi connectivity index (χ1v) is 3.52. The van der Waals surface area contributed by atoms with Gasteiger partial charge in [0.2, 0.25) is 0 Å². The maximum absolute atomic E-state index is 12.6. The molecule has 1 nitrogen and oxygen atoms in total. The minimum atomic E-state index is -0.964. The quantitative estimate of drug-likeness (QED) is 0.529. The maximum atomic E-state index is 12.6. The zero-order valence-corrected chi connectivity index (χ0v) is 5.68. The summed E-state index contributed by atoms with van der Waals surface area (Å²) in [4.78, 5) is 0. The molecule has 0 spiro atoms. The van der Waals surface area contributed by atoms with Gasteiger partial charge in [-0.1, -0.05) is 6.92 Å². The summed E-state index contributed by atoms with van der Waals surface area (Å²) in [6, 6.07) is 0. The lowest BCUT2D eigenvalue weighted by Gasteiger charge is -2.25. The van der Waals surface area contributed by atoms with Gasteiger partial charge in [0.15, 0.2) is 0 Å². The summed E-state index contributed by atoms with van der Waals surface area (Å²) in [5.41, 5.74) is 0. The van der Waals surface area contributed by atoms with Crippen molar-refractivity contribution in [1.82, 2.24) is 0 Å². The van der Waals surface area contributed by atoms with Crippen LogP contribution in [0.25, 0.3) is 0 Å². The van der Waals surface area contributed by atoms with Crippen LogP contribution in [-0.4, -0.2) is 17.4 Å². The van der Waals surface area contributed by atoms with E-state index in [9.17, 15) is 4.39 Å². The zero-order valence-electron chi connectivity index (χ0n) is 5.68. The Labute approximate surface area is 54.9 Å². The van der Waals surface area contributed by atoms with Crippen LogP contribution in [0.4, 0.5) is 4.39 Å². The molecule has 1 rings (SSSR count). The number of aliphatic hydroxyl groups is 1. The molecule has 9 heavy (non-hydrogen) atoms. The van der Waals surface area contributed by atoms with Crippen LogP contribution in [0.3, 0.4) is 0 Å². The van der Waals surface area contributed by atoms with Crippen molar-refractivity contribution in [3.8, 4) is 0 Å². The molecular formula is C7H13FO. The van der Waals surface area contributed by atoms with Crippen molar-refractivity contribution < 1.29 is 9.50 Å². The topological polar surface area (TPSA) is 20.2 Å². The molecule has 0 amide bonds. The third-order valence-corrected chi connectivity index (χ3v) is 2.00. The van der Waals surface area contributed by atoms with Crippen LogP contribution in [0.2, 0.25) is 0 Å². The fraction of sp³-hybridized carbons (Fsp3) is 1.00. The van der Waals surface area contributed by atoms with Crippen molar-refractivity contribution in [2.75, 3.05) is 0 Å². The molecule has 0 aromatic heterocycles. The third-order valence-electron chi connectivity index (χ3n) is 2.00. The Morgan fingerprint density at radius 1 is 1.44 bits per heavy atom. The fourth-order valence-electron chi connectivity index (χ4n) is 1.30. The first-order valence-electron chi connectivity index (χ1n) is 3.52. The molecule has 1 fully saturated rings. The highest BCUT2D eigenvalue weighted by Gasteiger charge is 2.26. The number of halogens is 1. The highest BCUT2D eigenvalue weighted by molar-refractivity contribution is 4.76. The standard InChI is InChI=1S/C7H13FO/c1-5-2-3-7(9)6(8)4-5/h5-7,9H,2-4H2,1H3/t5-,6-,7-/m0/s1. The lowest BCUT2D eigenvalue weighted by Crippen LogP contribution is -2.29. The van der Waals surface area contributed by atoms with E-state index in [2.05, 4.69) is 0 Å². The van der Waals surface area contributed by atoms with Crippen LogP contribution < -0.4 is 0 Å². The van der Waals surface area contributed by atoms with Gasteiger partial charge >= 0.3 is 0 Å². The summed E-state index contributed by atoms with van der Waals surface area (Å²) >= 11 is 0. The van der Waals surface area contributed by atoms with Crippen molar-refractivity contribution in [1.29, 1.82) is 0 Å². The highest BCUT2D eigenvalue weighted by Crippen LogP contribution is 2.25. The van der Waals surface area contributed by atoms with Crippen LogP contribution in [0.1, 0.15) is 26.2 Å². The van der Waals surface area contributed by atoms with Gasteiger partial charge in [0.25, 0.3) is 0 Å². The average molecular weight is 132 g/mol. The lowest BCUT2D eigenvalue weighted by atomic mass is 9.88. The summed E-state index contributed by atoms with van der Waals surface area (Å²) in [7, 11) is 0. The van der Waals surface area contributed by atoms with Crippen molar-refractivity contribution >= 4 is 0 Å². The van der Waals surface area contributed by atoms with Gasteiger partial charge in [0.1, 0.15) is 6.17 Å². The highest BCUT2D eigenvalue weighted by atomic mass is 19.1. The molecule has 0 aliphatic heterocycles. The van der Waals surface area contributed by atoms with E-state index in [4.69, 9.17) is 5.11 Å². The first kappa shape index (κ1) is 7.00. The van der Waals surface area contributed by atoms with Gasteiger partial charge in [-0.2, -0.15) is 0 Å². The minimum absolute atomic E-state index is 0.461. The molecule has 1 N–H and O–H groups in total. The van der Waals surface area contributed by atoms with E-state index >= 15 is 0 Å². The van der Waals surface area contributed by atoms with Crippen LogP contribution in [0, 0.1) is 5.92 Å². The second kappa shape index (κ2) is 2.65.